The third-order valence-corrected chi connectivity index (χ3v) is 2.35. The average Bonchev–Trinajstić information content (AvgIpc) is 2.25. The number of aromatic hydroxyl groups is 1. The Labute approximate surface area is 96.5 Å². The number of nitrogens with zero attached hydrogens (tertiary/aromatic N) is 1. The molecule has 1 aromatic carbocycles. The molecule has 1 unspecified atom stereocenters. The molecule has 0 aliphatic heterocycles. The van der Waals surface area contributed by atoms with Gasteiger partial charge in [-0.2, -0.15) is 0 Å². The molecule has 4 nitrogen and oxygen atoms in total. The number of aliphatic hydroxyl groups excluding tert-OH is 1. The Morgan fingerprint density at radius 3 is 2.44 bits per heavy atom. The van der Waals surface area contributed by atoms with E-state index in [4.69, 9.17) is 5.11 Å². The van der Waals surface area contributed by atoms with E-state index < -0.39 is 6.10 Å². The summed E-state index contributed by atoms with van der Waals surface area (Å²) in [6, 6.07) is 6.62. The van der Waals surface area contributed by atoms with Crippen molar-refractivity contribution in [1.82, 2.24) is 10.2 Å². The fourth-order valence-corrected chi connectivity index (χ4v) is 1.36. The van der Waals surface area contributed by atoms with Crippen LogP contribution in [0.4, 0.5) is 0 Å². The predicted octanol–water partition coefficient (Wildman–Crippen LogP) is 0.577. The lowest BCUT2D eigenvalue weighted by Crippen LogP contribution is -2.29. The summed E-state index contributed by atoms with van der Waals surface area (Å²) in [4.78, 5) is 2.08. The van der Waals surface area contributed by atoms with Crippen molar-refractivity contribution < 1.29 is 10.2 Å². The molecule has 0 aliphatic rings. The van der Waals surface area contributed by atoms with Gasteiger partial charge in [-0.25, -0.2) is 0 Å². The molecule has 0 saturated carbocycles. The van der Waals surface area contributed by atoms with Crippen molar-refractivity contribution in [2.75, 3.05) is 33.7 Å². The van der Waals surface area contributed by atoms with E-state index in [1.54, 1.807) is 24.3 Å². The van der Waals surface area contributed by atoms with E-state index in [0.29, 0.717) is 6.54 Å². The fourth-order valence-electron chi connectivity index (χ4n) is 1.36. The van der Waals surface area contributed by atoms with Crippen LogP contribution in [-0.4, -0.2) is 48.8 Å². The summed E-state index contributed by atoms with van der Waals surface area (Å²) < 4.78 is 0. The van der Waals surface area contributed by atoms with Crippen LogP contribution < -0.4 is 5.32 Å². The molecular formula is C12H20N2O2. The van der Waals surface area contributed by atoms with Gasteiger partial charge in [0, 0.05) is 19.6 Å². The Balaban J connectivity index is 2.29. The number of phenolic OH excluding ortho intramolecular Hbond substituents is 1. The molecule has 1 aromatic rings. The van der Waals surface area contributed by atoms with Gasteiger partial charge in [-0.05, 0) is 31.8 Å². The number of hydrogen-bond donors (Lipinski definition) is 3. The molecule has 4 heteroatoms. The summed E-state index contributed by atoms with van der Waals surface area (Å²) in [5.74, 6) is 0.219. The van der Waals surface area contributed by atoms with Crippen LogP contribution in [0.2, 0.25) is 0 Å². The number of aliphatic hydroxyl groups is 1. The van der Waals surface area contributed by atoms with Gasteiger partial charge in [-0.15, -0.1) is 0 Å². The summed E-state index contributed by atoms with van der Waals surface area (Å²) in [5, 5.41) is 22.1. The van der Waals surface area contributed by atoms with Crippen LogP contribution in [0.1, 0.15) is 11.7 Å². The zero-order valence-electron chi connectivity index (χ0n) is 9.85. The van der Waals surface area contributed by atoms with Gasteiger partial charge in [0.15, 0.2) is 0 Å². The highest BCUT2D eigenvalue weighted by molar-refractivity contribution is 5.27. The van der Waals surface area contributed by atoms with Gasteiger partial charge in [0.2, 0.25) is 0 Å². The SMILES string of the molecule is CN(C)CCNCC(O)c1ccc(O)cc1. The maximum absolute atomic E-state index is 9.82. The van der Waals surface area contributed by atoms with Crippen LogP contribution in [-0.2, 0) is 0 Å². The highest BCUT2D eigenvalue weighted by Gasteiger charge is 2.06. The summed E-state index contributed by atoms with van der Waals surface area (Å²) in [7, 11) is 4.02. The Bertz CT molecular complexity index is 298. The molecule has 90 valence electrons. The van der Waals surface area contributed by atoms with Crippen molar-refractivity contribution in [1.29, 1.82) is 0 Å². The number of phenols is 1. The molecule has 1 rings (SSSR count). The minimum absolute atomic E-state index is 0.219. The van der Waals surface area contributed by atoms with Crippen LogP contribution in [0.5, 0.6) is 5.75 Å². The quantitative estimate of drug-likeness (QED) is 0.619. The predicted molar refractivity (Wildman–Crippen MR) is 64.5 cm³/mol. The van der Waals surface area contributed by atoms with Gasteiger partial charge in [0.1, 0.15) is 5.75 Å². The number of rotatable bonds is 6. The monoisotopic (exact) mass is 224 g/mol. The van der Waals surface area contributed by atoms with E-state index in [1.807, 2.05) is 14.1 Å². The topological polar surface area (TPSA) is 55.7 Å². The maximum atomic E-state index is 9.82. The molecule has 0 radical (unpaired) electrons. The van der Waals surface area contributed by atoms with E-state index in [2.05, 4.69) is 10.2 Å². The minimum atomic E-state index is -0.525. The molecular weight excluding hydrogens is 204 g/mol. The second kappa shape index (κ2) is 6.48. The minimum Gasteiger partial charge on any atom is -0.508 e. The molecule has 0 aliphatic carbocycles. The van der Waals surface area contributed by atoms with E-state index >= 15 is 0 Å². The van der Waals surface area contributed by atoms with Crippen molar-refractivity contribution in [2.45, 2.75) is 6.10 Å². The zero-order valence-corrected chi connectivity index (χ0v) is 9.85. The van der Waals surface area contributed by atoms with E-state index in [0.717, 1.165) is 18.7 Å². The Hall–Kier alpha value is -1.10. The van der Waals surface area contributed by atoms with E-state index in [-0.39, 0.29) is 5.75 Å². The first-order valence-electron chi connectivity index (χ1n) is 5.42. The van der Waals surface area contributed by atoms with Gasteiger partial charge >= 0.3 is 0 Å². The second-order valence-electron chi connectivity index (χ2n) is 4.11. The molecule has 0 fully saturated rings. The lowest BCUT2D eigenvalue weighted by atomic mass is 10.1. The van der Waals surface area contributed by atoms with Crippen molar-refractivity contribution in [3.63, 3.8) is 0 Å². The van der Waals surface area contributed by atoms with Gasteiger partial charge in [0.05, 0.1) is 6.10 Å². The highest BCUT2D eigenvalue weighted by Crippen LogP contribution is 2.15. The largest absolute Gasteiger partial charge is 0.508 e. The van der Waals surface area contributed by atoms with Gasteiger partial charge in [-0.1, -0.05) is 12.1 Å². The van der Waals surface area contributed by atoms with E-state index in [9.17, 15) is 5.11 Å². The van der Waals surface area contributed by atoms with Crippen molar-refractivity contribution in [3.05, 3.63) is 29.8 Å². The molecule has 0 heterocycles. The van der Waals surface area contributed by atoms with Crippen molar-refractivity contribution >= 4 is 0 Å². The summed E-state index contributed by atoms with van der Waals surface area (Å²) in [6.07, 6.45) is -0.525. The third-order valence-electron chi connectivity index (χ3n) is 2.35. The average molecular weight is 224 g/mol. The molecule has 0 spiro atoms. The van der Waals surface area contributed by atoms with Gasteiger partial charge < -0.3 is 20.4 Å². The Morgan fingerprint density at radius 2 is 1.88 bits per heavy atom. The number of likely N-dealkylation sites (N-methyl/N-ethyl adjacent to an activating group) is 1. The summed E-state index contributed by atoms with van der Waals surface area (Å²) in [6.45, 7) is 2.32. The van der Waals surface area contributed by atoms with Gasteiger partial charge in [0.25, 0.3) is 0 Å². The third kappa shape index (κ3) is 4.61. The van der Waals surface area contributed by atoms with Crippen LogP contribution >= 0.6 is 0 Å². The molecule has 1 atom stereocenters. The van der Waals surface area contributed by atoms with E-state index in [1.165, 1.54) is 0 Å². The summed E-state index contributed by atoms with van der Waals surface area (Å²) >= 11 is 0. The molecule has 0 aromatic heterocycles. The first-order valence-corrected chi connectivity index (χ1v) is 5.42. The molecule has 0 amide bonds. The lowest BCUT2D eigenvalue weighted by Gasteiger charge is -2.14. The first kappa shape index (κ1) is 13.0. The smallest absolute Gasteiger partial charge is 0.115 e. The Morgan fingerprint density at radius 1 is 1.25 bits per heavy atom. The standard InChI is InChI=1S/C12H20N2O2/c1-14(2)8-7-13-9-12(16)10-3-5-11(15)6-4-10/h3-6,12-13,15-16H,7-9H2,1-2H3. The molecule has 0 bridgehead atoms. The molecule has 0 saturated heterocycles. The highest BCUT2D eigenvalue weighted by atomic mass is 16.3. The normalized spacial score (nSPS) is 13.0. The maximum Gasteiger partial charge on any atom is 0.115 e. The van der Waals surface area contributed by atoms with Gasteiger partial charge in [-0.3, -0.25) is 0 Å². The summed E-state index contributed by atoms with van der Waals surface area (Å²) in [5.41, 5.74) is 0.815. The van der Waals surface area contributed by atoms with Crippen molar-refractivity contribution in [2.24, 2.45) is 0 Å². The van der Waals surface area contributed by atoms with Crippen molar-refractivity contribution in [3.8, 4) is 5.75 Å². The zero-order chi connectivity index (χ0) is 12.0. The number of benzene rings is 1. The molecule has 16 heavy (non-hydrogen) atoms. The van der Waals surface area contributed by atoms with Crippen LogP contribution in [0.15, 0.2) is 24.3 Å². The number of nitrogens with one attached hydrogen (secondary N) is 1. The lowest BCUT2D eigenvalue weighted by molar-refractivity contribution is 0.173. The first-order chi connectivity index (χ1) is 7.59. The van der Waals surface area contributed by atoms with Crippen LogP contribution in [0.25, 0.3) is 0 Å². The second-order valence-corrected chi connectivity index (χ2v) is 4.11. The number of hydrogen-bond acceptors (Lipinski definition) is 4. The molecule has 3 N–H and O–H groups in total. The Kier molecular flexibility index (Phi) is 5.25. The van der Waals surface area contributed by atoms with Crippen LogP contribution in [0, 0.1) is 0 Å². The fraction of sp³-hybridized carbons (Fsp3) is 0.500. The van der Waals surface area contributed by atoms with Crippen LogP contribution in [0.3, 0.4) is 0 Å².